The number of hydrogen-bond donors (Lipinski definition) is 1. The molecule has 5 nitrogen and oxygen atoms in total. The maximum Gasteiger partial charge on any atom is 0.228 e. The molecule has 6 heteroatoms. The van der Waals surface area contributed by atoms with Crippen LogP contribution in [0, 0.1) is 5.82 Å². The summed E-state index contributed by atoms with van der Waals surface area (Å²) < 4.78 is 19.5. The van der Waals surface area contributed by atoms with Gasteiger partial charge in [0.05, 0.1) is 18.9 Å². The summed E-state index contributed by atoms with van der Waals surface area (Å²) in [5.74, 6) is -0.353. The summed E-state index contributed by atoms with van der Waals surface area (Å²) in [5, 5.41) is 0. The molecule has 0 saturated carbocycles. The highest BCUT2D eigenvalue weighted by Gasteiger charge is 2.28. The van der Waals surface area contributed by atoms with Crippen LogP contribution in [0.25, 0.3) is 0 Å². The maximum atomic E-state index is 14.3. The zero-order valence-corrected chi connectivity index (χ0v) is 11.2. The highest BCUT2D eigenvalue weighted by Crippen LogP contribution is 2.27. The Balaban J connectivity index is 1.82. The molecule has 2 aliphatic rings. The van der Waals surface area contributed by atoms with E-state index in [1.165, 1.54) is 6.07 Å². The molecule has 20 heavy (non-hydrogen) atoms. The summed E-state index contributed by atoms with van der Waals surface area (Å²) in [4.78, 5) is 15.3. The fourth-order valence-electron chi connectivity index (χ4n) is 2.71. The predicted octanol–water partition coefficient (Wildman–Crippen LogP) is 0.726. The van der Waals surface area contributed by atoms with Crippen molar-refractivity contribution in [2.75, 3.05) is 42.6 Å². The lowest BCUT2D eigenvalue weighted by Gasteiger charge is -2.29. The number of benzene rings is 1. The Bertz CT molecular complexity index is 517. The Kier molecular flexibility index (Phi) is 3.58. The topological polar surface area (TPSA) is 58.8 Å². The zero-order chi connectivity index (χ0) is 14.1. The van der Waals surface area contributed by atoms with E-state index in [1.807, 2.05) is 4.90 Å². The number of halogens is 1. The van der Waals surface area contributed by atoms with Crippen LogP contribution in [0.4, 0.5) is 15.8 Å². The average molecular weight is 279 g/mol. The number of hydrogen-bond acceptors (Lipinski definition) is 4. The minimum atomic E-state index is -0.308. The molecule has 2 heterocycles. The molecule has 0 radical (unpaired) electrons. The fraction of sp³-hybridized carbons (Fsp3) is 0.500. The first-order valence-electron chi connectivity index (χ1n) is 6.83. The van der Waals surface area contributed by atoms with Gasteiger partial charge in [0.2, 0.25) is 5.91 Å². The molecular formula is C14H18FN3O2. The molecule has 0 bridgehead atoms. The van der Waals surface area contributed by atoms with E-state index in [2.05, 4.69) is 0 Å². The summed E-state index contributed by atoms with van der Waals surface area (Å²) in [6.07, 6.45) is 0.326. The minimum absolute atomic E-state index is 0.0453. The highest BCUT2D eigenvalue weighted by atomic mass is 19.1. The number of morpholine rings is 1. The second kappa shape index (κ2) is 5.38. The molecule has 0 aliphatic carbocycles. The molecular weight excluding hydrogens is 261 g/mol. The van der Waals surface area contributed by atoms with Gasteiger partial charge in [-0.3, -0.25) is 4.79 Å². The predicted molar refractivity (Wildman–Crippen MR) is 74.4 cm³/mol. The number of nitrogens with zero attached hydrogens (tertiary/aromatic N) is 2. The quantitative estimate of drug-likeness (QED) is 0.867. The van der Waals surface area contributed by atoms with Crippen LogP contribution < -0.4 is 15.5 Å². The van der Waals surface area contributed by atoms with Crippen molar-refractivity contribution in [3.8, 4) is 0 Å². The molecule has 1 atom stereocenters. The van der Waals surface area contributed by atoms with E-state index in [0.29, 0.717) is 50.6 Å². The summed E-state index contributed by atoms with van der Waals surface area (Å²) in [6.45, 7) is 3.05. The second-order valence-corrected chi connectivity index (χ2v) is 5.20. The van der Waals surface area contributed by atoms with Gasteiger partial charge in [-0.2, -0.15) is 0 Å². The number of carbonyl (C=O) groups is 1. The Hall–Kier alpha value is -1.66. The van der Waals surface area contributed by atoms with Crippen LogP contribution in [-0.4, -0.2) is 44.8 Å². The van der Waals surface area contributed by atoms with Crippen molar-refractivity contribution < 1.29 is 13.9 Å². The summed E-state index contributed by atoms with van der Waals surface area (Å²) in [5.41, 5.74) is 6.90. The Labute approximate surface area is 117 Å². The molecule has 2 aliphatic heterocycles. The van der Waals surface area contributed by atoms with E-state index < -0.39 is 0 Å². The van der Waals surface area contributed by atoms with E-state index >= 15 is 0 Å². The molecule has 0 aromatic heterocycles. The lowest BCUT2D eigenvalue weighted by molar-refractivity contribution is -0.117. The summed E-state index contributed by atoms with van der Waals surface area (Å²) in [7, 11) is 0. The van der Waals surface area contributed by atoms with E-state index in [1.54, 1.807) is 17.0 Å². The van der Waals surface area contributed by atoms with Crippen LogP contribution >= 0.6 is 0 Å². The third-order valence-corrected chi connectivity index (χ3v) is 3.75. The van der Waals surface area contributed by atoms with Crippen molar-refractivity contribution in [2.45, 2.75) is 12.5 Å². The molecule has 108 valence electrons. The van der Waals surface area contributed by atoms with Crippen molar-refractivity contribution in [2.24, 2.45) is 5.73 Å². The number of rotatable bonds is 2. The Morgan fingerprint density at radius 1 is 1.30 bits per heavy atom. The average Bonchev–Trinajstić information content (AvgIpc) is 2.78. The van der Waals surface area contributed by atoms with Gasteiger partial charge in [-0.15, -0.1) is 0 Å². The zero-order valence-electron chi connectivity index (χ0n) is 11.2. The largest absolute Gasteiger partial charge is 0.378 e. The molecule has 1 unspecified atom stereocenters. The number of anilines is 2. The standard InChI is InChI=1S/C14H18FN3O2/c15-12-8-11(18-9-10(16)7-14(18)19)1-2-13(12)17-3-5-20-6-4-17/h1-2,8,10H,3-7,9,16H2. The summed E-state index contributed by atoms with van der Waals surface area (Å²) >= 11 is 0. The third kappa shape index (κ3) is 2.48. The first-order valence-corrected chi connectivity index (χ1v) is 6.83. The van der Waals surface area contributed by atoms with Gasteiger partial charge < -0.3 is 20.3 Å². The van der Waals surface area contributed by atoms with Crippen LogP contribution in [0.2, 0.25) is 0 Å². The monoisotopic (exact) mass is 279 g/mol. The first-order chi connectivity index (χ1) is 9.65. The summed E-state index contributed by atoms with van der Waals surface area (Å²) in [6, 6.07) is 4.77. The van der Waals surface area contributed by atoms with Gasteiger partial charge >= 0.3 is 0 Å². The first kappa shape index (κ1) is 13.3. The van der Waals surface area contributed by atoms with Gasteiger partial charge in [-0.05, 0) is 18.2 Å². The van der Waals surface area contributed by atoms with Gasteiger partial charge in [0, 0.05) is 37.8 Å². The van der Waals surface area contributed by atoms with Crippen molar-refractivity contribution >= 4 is 17.3 Å². The van der Waals surface area contributed by atoms with Crippen molar-refractivity contribution in [3.05, 3.63) is 24.0 Å². The number of carbonyl (C=O) groups excluding carboxylic acids is 1. The van der Waals surface area contributed by atoms with E-state index in [4.69, 9.17) is 10.5 Å². The van der Waals surface area contributed by atoms with Crippen LogP contribution in [0.3, 0.4) is 0 Å². The van der Waals surface area contributed by atoms with Crippen LogP contribution in [-0.2, 0) is 9.53 Å². The molecule has 1 aromatic rings. The van der Waals surface area contributed by atoms with Crippen LogP contribution in [0.1, 0.15) is 6.42 Å². The molecule has 2 saturated heterocycles. The van der Waals surface area contributed by atoms with Gasteiger partial charge in [-0.25, -0.2) is 4.39 Å². The Morgan fingerprint density at radius 2 is 2.05 bits per heavy atom. The van der Waals surface area contributed by atoms with Crippen LogP contribution in [0.15, 0.2) is 18.2 Å². The molecule has 3 rings (SSSR count). The molecule has 1 aromatic carbocycles. The van der Waals surface area contributed by atoms with E-state index in [-0.39, 0.29) is 17.8 Å². The minimum Gasteiger partial charge on any atom is -0.378 e. The smallest absolute Gasteiger partial charge is 0.228 e. The van der Waals surface area contributed by atoms with Crippen molar-refractivity contribution in [1.82, 2.24) is 0 Å². The van der Waals surface area contributed by atoms with Crippen molar-refractivity contribution in [3.63, 3.8) is 0 Å². The number of nitrogens with two attached hydrogens (primary N) is 1. The number of amides is 1. The number of ether oxygens (including phenoxy) is 1. The fourth-order valence-corrected chi connectivity index (χ4v) is 2.71. The highest BCUT2D eigenvalue weighted by molar-refractivity contribution is 5.96. The van der Waals surface area contributed by atoms with Gasteiger partial charge in [0.25, 0.3) is 0 Å². The third-order valence-electron chi connectivity index (χ3n) is 3.75. The van der Waals surface area contributed by atoms with Crippen LogP contribution in [0.5, 0.6) is 0 Å². The lowest BCUT2D eigenvalue weighted by atomic mass is 10.2. The second-order valence-electron chi connectivity index (χ2n) is 5.20. The normalized spacial score (nSPS) is 23.5. The molecule has 2 N–H and O–H groups in total. The Morgan fingerprint density at radius 3 is 2.65 bits per heavy atom. The SMILES string of the molecule is NC1CC(=O)N(c2ccc(N3CCOCC3)c(F)c2)C1. The van der Waals surface area contributed by atoms with Gasteiger partial charge in [0.1, 0.15) is 5.82 Å². The van der Waals surface area contributed by atoms with Crippen molar-refractivity contribution in [1.29, 1.82) is 0 Å². The maximum absolute atomic E-state index is 14.3. The van der Waals surface area contributed by atoms with Gasteiger partial charge in [-0.1, -0.05) is 0 Å². The van der Waals surface area contributed by atoms with E-state index in [0.717, 1.165) is 0 Å². The van der Waals surface area contributed by atoms with E-state index in [9.17, 15) is 9.18 Å². The van der Waals surface area contributed by atoms with Gasteiger partial charge in [0.15, 0.2) is 0 Å². The molecule has 2 fully saturated rings. The molecule has 0 spiro atoms. The lowest BCUT2D eigenvalue weighted by Crippen LogP contribution is -2.36. The molecule has 1 amide bonds.